The summed E-state index contributed by atoms with van der Waals surface area (Å²) in [6, 6.07) is 10.6. The topological polar surface area (TPSA) is 55.8 Å². The maximum absolute atomic E-state index is 11.5. The van der Waals surface area contributed by atoms with Crippen LogP contribution in [0.2, 0.25) is 10.0 Å². The molecule has 0 aliphatic heterocycles. The molecule has 1 aliphatic carbocycles. The Labute approximate surface area is 181 Å². The standard InChI is InChI=1S/C23H24Cl2O4/c1-2-18(23(26)27)19-11-7-6-8-15(19)14-28-17-12-20(24)22(21(25)13-17)29-16-9-4-3-5-10-16/h2,6-8,11-13,16H,3-5,9-10,14H2,1H3,(H,26,27)/b18-2+. The van der Waals surface area contributed by atoms with Gasteiger partial charge in [0.1, 0.15) is 12.4 Å². The smallest absolute Gasteiger partial charge is 0.335 e. The van der Waals surface area contributed by atoms with E-state index in [0.29, 0.717) is 27.1 Å². The zero-order chi connectivity index (χ0) is 20.8. The molecule has 29 heavy (non-hydrogen) atoms. The highest BCUT2D eigenvalue weighted by atomic mass is 35.5. The van der Waals surface area contributed by atoms with E-state index in [0.717, 1.165) is 31.2 Å². The average Bonchev–Trinajstić information content (AvgIpc) is 2.71. The summed E-state index contributed by atoms with van der Waals surface area (Å²) in [5.41, 5.74) is 1.62. The SMILES string of the molecule is C/C=C(/C(=O)O)c1ccccc1COc1cc(Cl)c(OC2CCCCC2)c(Cl)c1. The van der Waals surface area contributed by atoms with Crippen LogP contribution in [0.4, 0.5) is 0 Å². The molecule has 6 heteroatoms. The minimum atomic E-state index is -0.977. The minimum absolute atomic E-state index is 0.146. The van der Waals surface area contributed by atoms with E-state index in [9.17, 15) is 9.90 Å². The predicted molar refractivity (Wildman–Crippen MR) is 116 cm³/mol. The first-order valence-electron chi connectivity index (χ1n) is 9.76. The van der Waals surface area contributed by atoms with E-state index in [1.54, 1.807) is 37.3 Å². The maximum atomic E-state index is 11.5. The van der Waals surface area contributed by atoms with Gasteiger partial charge in [-0.05, 0) is 43.7 Å². The number of ether oxygens (including phenoxy) is 2. The second-order valence-corrected chi connectivity index (χ2v) is 7.86. The molecule has 0 aromatic heterocycles. The number of carbonyl (C=O) groups is 1. The number of hydrogen-bond acceptors (Lipinski definition) is 3. The van der Waals surface area contributed by atoms with E-state index < -0.39 is 5.97 Å². The molecule has 4 nitrogen and oxygen atoms in total. The lowest BCUT2D eigenvalue weighted by Gasteiger charge is -2.24. The van der Waals surface area contributed by atoms with Crippen LogP contribution in [0.25, 0.3) is 5.57 Å². The summed E-state index contributed by atoms with van der Waals surface area (Å²) < 4.78 is 11.9. The summed E-state index contributed by atoms with van der Waals surface area (Å²) in [5.74, 6) is 0.0217. The van der Waals surface area contributed by atoms with Crippen LogP contribution in [-0.2, 0) is 11.4 Å². The largest absolute Gasteiger partial charge is 0.489 e. The zero-order valence-corrected chi connectivity index (χ0v) is 17.8. The number of allylic oxidation sites excluding steroid dienone is 1. The highest BCUT2D eigenvalue weighted by Crippen LogP contribution is 2.39. The minimum Gasteiger partial charge on any atom is -0.489 e. The van der Waals surface area contributed by atoms with E-state index in [2.05, 4.69) is 0 Å². The predicted octanol–water partition coefficient (Wildman–Crippen LogP) is 6.77. The van der Waals surface area contributed by atoms with E-state index >= 15 is 0 Å². The third-order valence-corrected chi connectivity index (χ3v) is 5.59. The zero-order valence-electron chi connectivity index (χ0n) is 16.3. The number of carboxylic acid groups (broad SMARTS) is 1. The van der Waals surface area contributed by atoms with Crippen LogP contribution in [0.1, 0.15) is 50.2 Å². The Kier molecular flexibility index (Phi) is 7.45. The van der Waals surface area contributed by atoms with Gasteiger partial charge in [-0.1, -0.05) is 60.0 Å². The first-order chi connectivity index (χ1) is 14.0. The van der Waals surface area contributed by atoms with Crippen LogP contribution in [0.5, 0.6) is 11.5 Å². The molecule has 1 N–H and O–H groups in total. The van der Waals surface area contributed by atoms with Gasteiger partial charge >= 0.3 is 5.97 Å². The first kappa shape index (κ1) is 21.5. The molecule has 0 bridgehead atoms. The molecule has 0 saturated heterocycles. The summed E-state index contributed by atoms with van der Waals surface area (Å²) in [6.45, 7) is 1.89. The van der Waals surface area contributed by atoms with Gasteiger partial charge in [0.25, 0.3) is 0 Å². The van der Waals surface area contributed by atoms with E-state index in [-0.39, 0.29) is 18.3 Å². The third kappa shape index (κ3) is 5.46. The van der Waals surface area contributed by atoms with Crippen molar-refractivity contribution >= 4 is 34.7 Å². The molecule has 0 radical (unpaired) electrons. The molecule has 0 spiro atoms. The first-order valence-corrected chi connectivity index (χ1v) is 10.5. The van der Waals surface area contributed by atoms with Crippen molar-refractivity contribution in [1.29, 1.82) is 0 Å². The normalized spacial score (nSPS) is 15.2. The Hall–Kier alpha value is -2.17. The van der Waals surface area contributed by atoms with Gasteiger partial charge in [0.05, 0.1) is 21.7 Å². The Bertz CT molecular complexity index is 878. The monoisotopic (exact) mass is 434 g/mol. The summed E-state index contributed by atoms with van der Waals surface area (Å²) >= 11 is 12.8. The van der Waals surface area contributed by atoms with Gasteiger partial charge in [0, 0.05) is 12.1 Å². The average molecular weight is 435 g/mol. The fourth-order valence-corrected chi connectivity index (χ4v) is 4.10. The molecule has 0 atom stereocenters. The molecular formula is C23H24Cl2O4. The molecule has 0 unspecified atom stereocenters. The molecule has 1 aliphatic rings. The van der Waals surface area contributed by atoms with Crippen molar-refractivity contribution in [3.63, 3.8) is 0 Å². The number of benzene rings is 2. The lowest BCUT2D eigenvalue weighted by atomic mass is 9.98. The Balaban J connectivity index is 1.74. The van der Waals surface area contributed by atoms with Gasteiger partial charge in [-0.15, -0.1) is 0 Å². The quantitative estimate of drug-likeness (QED) is 0.488. The Morgan fingerprint density at radius 2 is 1.79 bits per heavy atom. The van der Waals surface area contributed by atoms with Crippen LogP contribution in [0, 0.1) is 0 Å². The van der Waals surface area contributed by atoms with Gasteiger partial charge in [-0.25, -0.2) is 4.79 Å². The lowest BCUT2D eigenvalue weighted by Crippen LogP contribution is -2.20. The van der Waals surface area contributed by atoms with Crippen molar-refractivity contribution in [3.05, 3.63) is 63.6 Å². The number of halogens is 2. The molecule has 0 amide bonds. The van der Waals surface area contributed by atoms with Crippen LogP contribution >= 0.6 is 23.2 Å². The van der Waals surface area contributed by atoms with Crippen LogP contribution in [0.3, 0.4) is 0 Å². The molecule has 1 fully saturated rings. The molecule has 154 valence electrons. The van der Waals surface area contributed by atoms with Crippen molar-refractivity contribution in [2.45, 2.75) is 51.7 Å². The third-order valence-electron chi connectivity index (χ3n) is 5.03. The van der Waals surface area contributed by atoms with E-state index in [1.165, 1.54) is 6.42 Å². The van der Waals surface area contributed by atoms with Crippen molar-refractivity contribution in [2.24, 2.45) is 0 Å². The van der Waals surface area contributed by atoms with Gasteiger partial charge < -0.3 is 14.6 Å². The Morgan fingerprint density at radius 1 is 1.14 bits per heavy atom. The van der Waals surface area contributed by atoms with E-state index in [4.69, 9.17) is 32.7 Å². The Morgan fingerprint density at radius 3 is 2.41 bits per heavy atom. The van der Waals surface area contributed by atoms with Crippen molar-refractivity contribution < 1.29 is 19.4 Å². The van der Waals surface area contributed by atoms with Gasteiger partial charge in [-0.3, -0.25) is 0 Å². The maximum Gasteiger partial charge on any atom is 0.335 e. The molecule has 2 aromatic carbocycles. The van der Waals surface area contributed by atoms with Gasteiger partial charge in [-0.2, -0.15) is 0 Å². The van der Waals surface area contributed by atoms with Crippen molar-refractivity contribution in [2.75, 3.05) is 0 Å². The molecule has 2 aromatic rings. The number of hydrogen-bond donors (Lipinski definition) is 1. The highest BCUT2D eigenvalue weighted by molar-refractivity contribution is 6.37. The van der Waals surface area contributed by atoms with Crippen LogP contribution in [-0.4, -0.2) is 17.2 Å². The molecule has 3 rings (SSSR count). The summed E-state index contributed by atoms with van der Waals surface area (Å²) in [6.07, 6.45) is 7.30. The summed E-state index contributed by atoms with van der Waals surface area (Å²) in [4.78, 5) is 11.5. The highest BCUT2D eigenvalue weighted by Gasteiger charge is 2.19. The van der Waals surface area contributed by atoms with Gasteiger partial charge in [0.15, 0.2) is 5.75 Å². The fraction of sp³-hybridized carbons (Fsp3) is 0.348. The summed E-state index contributed by atoms with van der Waals surface area (Å²) in [7, 11) is 0. The van der Waals surface area contributed by atoms with Crippen LogP contribution < -0.4 is 9.47 Å². The fourth-order valence-electron chi connectivity index (χ4n) is 3.55. The second-order valence-electron chi connectivity index (χ2n) is 7.05. The van der Waals surface area contributed by atoms with Crippen molar-refractivity contribution in [3.8, 4) is 11.5 Å². The number of carboxylic acids is 1. The van der Waals surface area contributed by atoms with Crippen molar-refractivity contribution in [1.82, 2.24) is 0 Å². The number of rotatable bonds is 7. The van der Waals surface area contributed by atoms with Gasteiger partial charge in [0.2, 0.25) is 0 Å². The molecule has 0 heterocycles. The molecule has 1 saturated carbocycles. The lowest BCUT2D eigenvalue weighted by molar-refractivity contribution is -0.130. The number of aliphatic carboxylic acids is 1. The van der Waals surface area contributed by atoms with Crippen LogP contribution in [0.15, 0.2) is 42.5 Å². The molecular weight excluding hydrogens is 411 g/mol. The van der Waals surface area contributed by atoms with E-state index in [1.807, 2.05) is 12.1 Å². The summed E-state index contributed by atoms with van der Waals surface area (Å²) in [5, 5.41) is 10.2. The second kappa shape index (κ2) is 10.0.